The van der Waals surface area contributed by atoms with E-state index >= 15 is 0 Å². The molecule has 6 heteroatoms. The van der Waals surface area contributed by atoms with Crippen molar-refractivity contribution in [3.63, 3.8) is 0 Å². The Morgan fingerprint density at radius 3 is 2.62 bits per heavy atom. The van der Waals surface area contributed by atoms with Crippen LogP contribution >= 0.6 is 11.8 Å². The molecule has 0 aliphatic carbocycles. The van der Waals surface area contributed by atoms with Crippen molar-refractivity contribution in [1.29, 1.82) is 0 Å². The lowest BCUT2D eigenvalue weighted by molar-refractivity contribution is 0.180. The Morgan fingerprint density at radius 2 is 1.78 bits per heavy atom. The van der Waals surface area contributed by atoms with E-state index in [0.717, 1.165) is 59.9 Å². The van der Waals surface area contributed by atoms with Crippen LogP contribution in [0.1, 0.15) is 24.4 Å². The lowest BCUT2D eigenvalue weighted by Gasteiger charge is -2.32. The lowest BCUT2D eigenvalue weighted by atomic mass is 10.0. The molecule has 0 atom stereocenters. The predicted octanol–water partition coefficient (Wildman–Crippen LogP) is 5.68. The second kappa shape index (κ2) is 9.27. The number of fused-ring (bicyclic) bond motifs is 1. The molecule has 0 unspecified atom stereocenters. The Bertz CT molecular complexity index is 1270. The molecule has 0 radical (unpaired) electrons. The largest absolute Gasteiger partial charge is 0.456 e. The maximum absolute atomic E-state index is 12.5. The summed E-state index contributed by atoms with van der Waals surface area (Å²) in [5.74, 6) is 1.76. The van der Waals surface area contributed by atoms with E-state index in [4.69, 9.17) is 4.74 Å². The first-order valence-corrected chi connectivity index (χ1v) is 12.2. The van der Waals surface area contributed by atoms with Gasteiger partial charge in [-0.1, -0.05) is 36.4 Å². The molecule has 0 amide bonds. The molecule has 0 saturated carbocycles. The Hall–Kier alpha value is -2.96. The van der Waals surface area contributed by atoms with Crippen molar-refractivity contribution in [1.82, 2.24) is 14.5 Å². The van der Waals surface area contributed by atoms with Gasteiger partial charge in [-0.2, -0.15) is 0 Å². The van der Waals surface area contributed by atoms with Gasteiger partial charge in [0, 0.05) is 30.6 Å². The zero-order valence-electron chi connectivity index (χ0n) is 18.2. The van der Waals surface area contributed by atoms with E-state index in [1.807, 2.05) is 53.1 Å². The second-order valence-corrected chi connectivity index (χ2v) is 9.07. The van der Waals surface area contributed by atoms with Crippen LogP contribution in [0.5, 0.6) is 11.5 Å². The number of hydrogen-bond donors (Lipinski definition) is 1. The highest BCUT2D eigenvalue weighted by Gasteiger charge is 2.23. The molecule has 3 aromatic carbocycles. The minimum atomic E-state index is 0.0000220. The molecule has 1 aromatic heterocycles. The van der Waals surface area contributed by atoms with Gasteiger partial charge in [-0.15, -0.1) is 11.8 Å². The van der Waals surface area contributed by atoms with Gasteiger partial charge in [-0.25, -0.2) is 4.79 Å². The fourth-order valence-corrected chi connectivity index (χ4v) is 5.09. The van der Waals surface area contributed by atoms with Crippen molar-refractivity contribution in [2.45, 2.75) is 30.3 Å². The number of piperidine rings is 1. The van der Waals surface area contributed by atoms with E-state index < -0.39 is 0 Å². The SMILES string of the molecule is CSc1ccccc1Oc1cccc(CN2CCC(n3c(=O)[nH]c4ccccc43)CC2)c1. The number of ether oxygens (including phenoxy) is 1. The Labute approximate surface area is 192 Å². The molecule has 1 aliphatic heterocycles. The highest BCUT2D eigenvalue weighted by molar-refractivity contribution is 7.98. The second-order valence-electron chi connectivity index (χ2n) is 8.22. The average Bonchev–Trinajstić information content (AvgIpc) is 3.16. The van der Waals surface area contributed by atoms with E-state index in [-0.39, 0.29) is 11.7 Å². The molecule has 1 N–H and O–H groups in total. The van der Waals surface area contributed by atoms with Crippen LogP contribution in [0.2, 0.25) is 0 Å². The number of nitrogens with one attached hydrogen (secondary N) is 1. The number of aromatic amines is 1. The summed E-state index contributed by atoms with van der Waals surface area (Å²) in [5.41, 5.74) is 3.16. The number of benzene rings is 3. The summed E-state index contributed by atoms with van der Waals surface area (Å²) in [6.07, 6.45) is 4.00. The number of rotatable bonds is 6. The molecular weight excluding hydrogens is 418 g/mol. The monoisotopic (exact) mass is 445 g/mol. The predicted molar refractivity (Wildman–Crippen MR) is 131 cm³/mol. The summed E-state index contributed by atoms with van der Waals surface area (Å²) in [7, 11) is 0. The molecule has 2 heterocycles. The minimum absolute atomic E-state index is 0.0000220. The van der Waals surface area contributed by atoms with Gasteiger partial charge in [0.25, 0.3) is 0 Å². The van der Waals surface area contributed by atoms with Crippen molar-refractivity contribution >= 4 is 22.8 Å². The molecule has 0 bridgehead atoms. The summed E-state index contributed by atoms with van der Waals surface area (Å²) in [4.78, 5) is 19.1. The number of aromatic nitrogens is 2. The third kappa shape index (κ3) is 4.33. The number of likely N-dealkylation sites (tertiary alicyclic amines) is 1. The van der Waals surface area contributed by atoms with E-state index in [1.54, 1.807) is 11.8 Å². The third-order valence-corrected chi connectivity index (χ3v) is 6.92. The van der Waals surface area contributed by atoms with Crippen LogP contribution in [-0.2, 0) is 6.54 Å². The van der Waals surface area contributed by atoms with Crippen molar-refractivity contribution in [2.24, 2.45) is 0 Å². The normalized spacial score (nSPS) is 15.3. The summed E-state index contributed by atoms with van der Waals surface area (Å²) >= 11 is 1.69. The van der Waals surface area contributed by atoms with Gasteiger partial charge in [0.15, 0.2) is 0 Å². The highest BCUT2D eigenvalue weighted by Crippen LogP contribution is 2.32. The Morgan fingerprint density at radius 1 is 1.00 bits per heavy atom. The van der Waals surface area contributed by atoms with Gasteiger partial charge >= 0.3 is 5.69 Å². The van der Waals surface area contributed by atoms with Crippen LogP contribution in [0.4, 0.5) is 0 Å². The van der Waals surface area contributed by atoms with Crippen LogP contribution < -0.4 is 10.4 Å². The van der Waals surface area contributed by atoms with Crippen molar-refractivity contribution in [2.75, 3.05) is 19.3 Å². The van der Waals surface area contributed by atoms with E-state index in [2.05, 4.69) is 40.4 Å². The highest BCUT2D eigenvalue weighted by atomic mass is 32.2. The van der Waals surface area contributed by atoms with Gasteiger partial charge in [-0.05, 0) is 61.1 Å². The first kappa shape index (κ1) is 20.9. The van der Waals surface area contributed by atoms with Gasteiger partial charge < -0.3 is 9.72 Å². The molecule has 5 rings (SSSR count). The number of H-pyrrole nitrogens is 1. The zero-order valence-corrected chi connectivity index (χ0v) is 19.0. The smallest absolute Gasteiger partial charge is 0.326 e. The summed E-state index contributed by atoms with van der Waals surface area (Å²) in [6, 6.07) is 24.7. The van der Waals surface area contributed by atoms with Crippen LogP contribution in [-0.4, -0.2) is 33.8 Å². The van der Waals surface area contributed by atoms with Crippen LogP contribution in [0.15, 0.2) is 82.5 Å². The fraction of sp³-hybridized carbons (Fsp3) is 0.269. The third-order valence-electron chi connectivity index (χ3n) is 6.15. The number of nitrogens with zero attached hydrogens (tertiary/aromatic N) is 2. The van der Waals surface area contributed by atoms with Gasteiger partial charge in [0.2, 0.25) is 0 Å². The van der Waals surface area contributed by atoms with Gasteiger partial charge in [0.1, 0.15) is 11.5 Å². The fourth-order valence-electron chi connectivity index (χ4n) is 4.57. The van der Waals surface area contributed by atoms with E-state index in [0.29, 0.717) is 0 Å². The molecule has 0 spiro atoms. The first-order chi connectivity index (χ1) is 15.7. The summed E-state index contributed by atoms with van der Waals surface area (Å²) in [5, 5.41) is 0. The lowest BCUT2D eigenvalue weighted by Crippen LogP contribution is -2.36. The van der Waals surface area contributed by atoms with Crippen molar-refractivity contribution in [3.8, 4) is 11.5 Å². The van der Waals surface area contributed by atoms with Gasteiger partial charge in [0.05, 0.1) is 11.0 Å². The minimum Gasteiger partial charge on any atom is -0.456 e. The van der Waals surface area contributed by atoms with Crippen molar-refractivity contribution in [3.05, 3.63) is 88.8 Å². The molecule has 32 heavy (non-hydrogen) atoms. The Balaban J connectivity index is 1.24. The van der Waals surface area contributed by atoms with E-state index in [1.165, 1.54) is 5.56 Å². The molecule has 4 aromatic rings. The van der Waals surface area contributed by atoms with Crippen LogP contribution in [0.25, 0.3) is 11.0 Å². The number of thioether (sulfide) groups is 1. The topological polar surface area (TPSA) is 50.3 Å². The number of imidazole rings is 1. The van der Waals surface area contributed by atoms with Crippen molar-refractivity contribution < 1.29 is 4.74 Å². The molecule has 164 valence electrons. The number of para-hydroxylation sites is 3. The standard InChI is InChI=1S/C26H27N3O2S/c1-32-25-12-5-4-11-24(25)31-21-8-6-7-19(17-21)18-28-15-13-20(14-16-28)29-23-10-3-2-9-22(23)27-26(29)30/h2-12,17,20H,13-16,18H2,1H3,(H,27,30). The molecular formula is C26H27N3O2S. The van der Waals surface area contributed by atoms with Crippen LogP contribution in [0.3, 0.4) is 0 Å². The molecule has 5 nitrogen and oxygen atoms in total. The van der Waals surface area contributed by atoms with Crippen LogP contribution in [0, 0.1) is 0 Å². The summed E-state index contributed by atoms with van der Waals surface area (Å²) < 4.78 is 8.12. The molecule has 1 saturated heterocycles. The molecule has 1 aliphatic rings. The average molecular weight is 446 g/mol. The maximum atomic E-state index is 12.5. The number of hydrogen-bond acceptors (Lipinski definition) is 4. The van der Waals surface area contributed by atoms with E-state index in [9.17, 15) is 4.79 Å². The van der Waals surface area contributed by atoms with Gasteiger partial charge in [-0.3, -0.25) is 9.47 Å². The quantitative estimate of drug-likeness (QED) is 0.388. The first-order valence-electron chi connectivity index (χ1n) is 11.0. The zero-order chi connectivity index (χ0) is 21.9. The maximum Gasteiger partial charge on any atom is 0.326 e. The molecule has 1 fully saturated rings. The summed E-state index contributed by atoms with van der Waals surface area (Å²) in [6.45, 7) is 2.82. The Kier molecular flexibility index (Phi) is 6.06.